The van der Waals surface area contributed by atoms with Crippen molar-refractivity contribution in [2.24, 2.45) is 0 Å². The number of carboxylic acid groups (broad SMARTS) is 1. The van der Waals surface area contributed by atoms with Crippen molar-refractivity contribution in [2.45, 2.75) is 6.04 Å². The van der Waals surface area contributed by atoms with Crippen LogP contribution in [0.1, 0.15) is 15.9 Å². The first kappa shape index (κ1) is 15.0. The molecule has 0 aliphatic carbocycles. The predicted octanol–water partition coefficient (Wildman–Crippen LogP) is 0.358. The van der Waals surface area contributed by atoms with Crippen LogP contribution < -0.4 is 5.32 Å². The second kappa shape index (κ2) is 6.79. The fraction of sp³-hybridized carbons (Fsp3) is 0.250. The highest BCUT2D eigenvalue weighted by atomic mass is 32.1. The van der Waals surface area contributed by atoms with Gasteiger partial charge in [0.2, 0.25) is 0 Å². The third-order valence-electron chi connectivity index (χ3n) is 2.29. The largest absolute Gasteiger partial charge is 0.624 e. The van der Waals surface area contributed by atoms with Crippen molar-refractivity contribution in [3.63, 3.8) is 0 Å². The molecule has 0 aromatic heterocycles. The van der Waals surface area contributed by atoms with Crippen LogP contribution in [0.2, 0.25) is 0 Å². The van der Waals surface area contributed by atoms with Crippen LogP contribution in [0.4, 0.5) is 0 Å². The van der Waals surface area contributed by atoms with Gasteiger partial charge >= 0.3 is 5.97 Å². The minimum absolute atomic E-state index is 0.00785. The third-order valence-corrected chi connectivity index (χ3v) is 2.65. The van der Waals surface area contributed by atoms with Gasteiger partial charge in [-0.15, -0.1) is 0 Å². The Balaban J connectivity index is 2.78. The summed E-state index contributed by atoms with van der Waals surface area (Å²) in [6, 6.07) is 5.19. The summed E-state index contributed by atoms with van der Waals surface area (Å²) in [5.74, 6) is -1.63. The second-order valence-electron chi connectivity index (χ2n) is 3.84. The monoisotopic (exact) mass is 282 g/mol. The molecule has 0 bridgehead atoms. The number of nitrogens with one attached hydrogen (secondary N) is 1. The van der Waals surface area contributed by atoms with E-state index < -0.39 is 17.9 Å². The molecule has 0 spiro atoms. The van der Waals surface area contributed by atoms with E-state index in [9.17, 15) is 14.8 Å². The fourth-order valence-corrected chi connectivity index (χ4v) is 1.61. The van der Waals surface area contributed by atoms with Crippen LogP contribution >= 0.6 is 12.6 Å². The Morgan fingerprint density at radius 1 is 1.47 bits per heavy atom. The van der Waals surface area contributed by atoms with Gasteiger partial charge in [-0.1, -0.05) is 0 Å². The molecule has 6 nitrogen and oxygen atoms in total. The topological polar surface area (TPSA) is 92.5 Å². The number of rotatable bonds is 5. The summed E-state index contributed by atoms with van der Waals surface area (Å²) in [5.41, 5.74) is 0.969. The lowest BCUT2D eigenvalue weighted by Gasteiger charge is -2.11. The van der Waals surface area contributed by atoms with Gasteiger partial charge in [0.05, 0.1) is 0 Å². The number of carboxylic acids is 1. The van der Waals surface area contributed by atoms with E-state index in [-0.39, 0.29) is 5.75 Å². The van der Waals surface area contributed by atoms with Crippen LogP contribution in [-0.4, -0.2) is 46.8 Å². The Labute approximate surface area is 115 Å². The Bertz CT molecular complexity index is 495. The van der Waals surface area contributed by atoms with Gasteiger partial charge in [0.1, 0.15) is 13.1 Å². The van der Waals surface area contributed by atoms with E-state index in [4.69, 9.17) is 5.11 Å². The van der Waals surface area contributed by atoms with Crippen molar-refractivity contribution in [1.82, 2.24) is 5.32 Å². The Morgan fingerprint density at radius 2 is 2.05 bits per heavy atom. The van der Waals surface area contributed by atoms with E-state index in [2.05, 4.69) is 17.9 Å². The van der Waals surface area contributed by atoms with Crippen LogP contribution in [-0.2, 0) is 4.79 Å². The van der Waals surface area contributed by atoms with Gasteiger partial charge in [0.15, 0.2) is 6.21 Å². The zero-order chi connectivity index (χ0) is 14.4. The van der Waals surface area contributed by atoms with Crippen LogP contribution in [0.5, 0.6) is 0 Å². The van der Waals surface area contributed by atoms with Gasteiger partial charge in [-0.3, -0.25) is 4.79 Å². The number of amides is 1. The van der Waals surface area contributed by atoms with Crippen LogP contribution in [0, 0.1) is 5.21 Å². The van der Waals surface area contributed by atoms with Gasteiger partial charge in [-0.25, -0.2) is 9.53 Å². The fourth-order valence-electron chi connectivity index (χ4n) is 1.36. The molecule has 2 N–H and O–H groups in total. The molecule has 0 saturated heterocycles. The quantitative estimate of drug-likeness (QED) is 0.239. The average molecular weight is 282 g/mol. The van der Waals surface area contributed by atoms with Gasteiger partial charge in [0.25, 0.3) is 5.91 Å². The Kier molecular flexibility index (Phi) is 5.37. The first-order chi connectivity index (χ1) is 8.93. The number of thiol groups is 1. The molecule has 1 aromatic carbocycles. The molecule has 102 valence electrons. The molecular weight excluding hydrogens is 268 g/mol. The molecule has 1 rings (SSSR count). The van der Waals surface area contributed by atoms with Crippen LogP contribution in [0.15, 0.2) is 24.3 Å². The number of nitrogens with zero attached hydrogens (tertiary/aromatic N) is 1. The van der Waals surface area contributed by atoms with E-state index >= 15 is 0 Å². The minimum atomic E-state index is -1.14. The zero-order valence-electron chi connectivity index (χ0n) is 10.2. The first-order valence-electron chi connectivity index (χ1n) is 5.43. The number of hydrogen-bond donors (Lipinski definition) is 3. The highest BCUT2D eigenvalue weighted by Gasteiger charge is 2.18. The lowest BCUT2D eigenvalue weighted by atomic mass is 10.1. The standard InChI is InChI=1S/C12H14N2O4S/c1-14(18)6-8-2-4-9(5-3-8)11(15)13-10(7-19)12(16)17/h2-6,10,19H,7H2,1H3,(H,13,15)(H,16,17)/b14-6+/t10-/m0/s1. The van der Waals surface area contributed by atoms with E-state index in [0.717, 1.165) is 0 Å². The summed E-state index contributed by atoms with van der Waals surface area (Å²) >= 11 is 3.86. The zero-order valence-corrected chi connectivity index (χ0v) is 11.1. The highest BCUT2D eigenvalue weighted by Crippen LogP contribution is 2.03. The van der Waals surface area contributed by atoms with E-state index in [1.54, 1.807) is 12.1 Å². The van der Waals surface area contributed by atoms with Crippen molar-refractivity contribution in [3.8, 4) is 0 Å². The molecule has 0 unspecified atom stereocenters. The Morgan fingerprint density at radius 3 is 2.47 bits per heavy atom. The van der Waals surface area contributed by atoms with Gasteiger partial charge < -0.3 is 15.6 Å². The van der Waals surface area contributed by atoms with E-state index in [1.807, 2.05) is 0 Å². The smallest absolute Gasteiger partial charge is 0.327 e. The molecule has 1 amide bonds. The van der Waals surface area contributed by atoms with Crippen molar-refractivity contribution in [3.05, 3.63) is 40.6 Å². The number of carbonyl (C=O) groups excluding carboxylic acids is 1. The predicted molar refractivity (Wildman–Crippen MR) is 73.9 cm³/mol. The summed E-state index contributed by atoms with van der Waals surface area (Å²) in [6.45, 7) is 0. The molecule has 19 heavy (non-hydrogen) atoms. The molecule has 0 heterocycles. The first-order valence-corrected chi connectivity index (χ1v) is 6.06. The highest BCUT2D eigenvalue weighted by molar-refractivity contribution is 7.80. The van der Waals surface area contributed by atoms with E-state index in [1.165, 1.54) is 25.4 Å². The van der Waals surface area contributed by atoms with Crippen molar-refractivity contribution >= 4 is 30.7 Å². The van der Waals surface area contributed by atoms with Gasteiger partial charge in [0, 0.05) is 16.9 Å². The number of hydrogen-bond acceptors (Lipinski definition) is 4. The normalized spacial score (nSPS) is 12.8. The van der Waals surface area contributed by atoms with Gasteiger partial charge in [-0.05, 0) is 24.3 Å². The lowest BCUT2D eigenvalue weighted by molar-refractivity contribution is -0.416. The number of carbonyl (C=O) groups is 2. The van der Waals surface area contributed by atoms with E-state index in [0.29, 0.717) is 15.9 Å². The summed E-state index contributed by atoms with van der Waals surface area (Å²) in [4.78, 5) is 22.5. The third kappa shape index (κ3) is 4.63. The number of hydroxylamine groups is 1. The molecule has 0 saturated carbocycles. The molecule has 1 atom stereocenters. The lowest BCUT2D eigenvalue weighted by Crippen LogP contribution is -2.42. The molecule has 7 heteroatoms. The van der Waals surface area contributed by atoms with Gasteiger partial charge in [-0.2, -0.15) is 12.6 Å². The summed E-state index contributed by atoms with van der Waals surface area (Å²) in [5, 5.41) is 21.9. The van der Waals surface area contributed by atoms with Crippen molar-refractivity contribution in [1.29, 1.82) is 0 Å². The van der Waals surface area contributed by atoms with Crippen LogP contribution in [0.25, 0.3) is 0 Å². The molecule has 0 fully saturated rings. The summed E-state index contributed by atoms with van der Waals surface area (Å²) < 4.78 is 0.649. The average Bonchev–Trinajstić information content (AvgIpc) is 2.35. The molecule has 0 aliphatic heterocycles. The molecule has 0 aliphatic rings. The molecule has 0 radical (unpaired) electrons. The molecular formula is C12H14N2O4S. The number of benzene rings is 1. The SMILES string of the molecule is C/[N+]([O-])=C\c1ccc(C(=O)N[C@@H](CS)C(=O)O)cc1. The Hall–Kier alpha value is -2.02. The second-order valence-corrected chi connectivity index (χ2v) is 4.21. The van der Waals surface area contributed by atoms with Crippen LogP contribution in [0.3, 0.4) is 0 Å². The number of aliphatic carboxylic acids is 1. The maximum Gasteiger partial charge on any atom is 0.327 e. The summed E-state index contributed by atoms with van der Waals surface area (Å²) in [6.07, 6.45) is 1.36. The maximum atomic E-state index is 11.8. The summed E-state index contributed by atoms with van der Waals surface area (Å²) in [7, 11) is 1.35. The minimum Gasteiger partial charge on any atom is -0.624 e. The van der Waals surface area contributed by atoms with Crippen molar-refractivity contribution in [2.75, 3.05) is 12.8 Å². The molecule has 1 aromatic rings. The van der Waals surface area contributed by atoms with Crippen molar-refractivity contribution < 1.29 is 19.4 Å². The maximum absolute atomic E-state index is 11.8.